The van der Waals surface area contributed by atoms with E-state index in [1.165, 1.54) is 12.1 Å². The first-order chi connectivity index (χ1) is 8.22. The van der Waals surface area contributed by atoms with Crippen molar-refractivity contribution in [3.05, 3.63) is 35.4 Å². The third-order valence-electron chi connectivity index (χ3n) is 3.53. The zero-order chi connectivity index (χ0) is 14.0. The van der Waals surface area contributed by atoms with Crippen LogP contribution in [0.25, 0.3) is 0 Å². The van der Waals surface area contributed by atoms with Crippen molar-refractivity contribution in [2.75, 3.05) is 7.05 Å². The number of halogens is 3. The number of alkyl halides is 3. The van der Waals surface area contributed by atoms with Crippen molar-refractivity contribution in [2.24, 2.45) is 5.41 Å². The highest BCUT2D eigenvalue weighted by Crippen LogP contribution is 2.38. The average Bonchev–Trinajstić information content (AvgIpc) is 2.29. The van der Waals surface area contributed by atoms with Gasteiger partial charge in [0, 0.05) is 6.04 Å². The summed E-state index contributed by atoms with van der Waals surface area (Å²) >= 11 is 0. The largest absolute Gasteiger partial charge is 0.416 e. The Kier molecular flexibility index (Phi) is 4.43. The van der Waals surface area contributed by atoms with Gasteiger partial charge in [-0.15, -0.1) is 0 Å². The third kappa shape index (κ3) is 3.25. The Bertz CT molecular complexity index is 396. The lowest BCUT2D eigenvalue weighted by Gasteiger charge is -2.34. The zero-order valence-corrected chi connectivity index (χ0v) is 11.2. The summed E-state index contributed by atoms with van der Waals surface area (Å²) in [5, 5.41) is 3.12. The number of hydrogen-bond acceptors (Lipinski definition) is 1. The number of hydrogen-bond donors (Lipinski definition) is 1. The smallest absolute Gasteiger partial charge is 0.313 e. The maximum atomic E-state index is 12.7. The van der Waals surface area contributed by atoms with Crippen molar-refractivity contribution in [1.82, 2.24) is 5.32 Å². The molecule has 1 rings (SSSR count). The first kappa shape index (κ1) is 15.0. The lowest BCUT2D eigenvalue weighted by Crippen LogP contribution is -2.31. The van der Waals surface area contributed by atoms with Gasteiger partial charge in [0.1, 0.15) is 0 Å². The summed E-state index contributed by atoms with van der Waals surface area (Å²) in [4.78, 5) is 0. The Morgan fingerprint density at radius 1 is 1.22 bits per heavy atom. The summed E-state index contributed by atoms with van der Waals surface area (Å²) in [5.41, 5.74) is -0.00905. The Morgan fingerprint density at radius 2 is 1.83 bits per heavy atom. The molecule has 1 unspecified atom stereocenters. The van der Waals surface area contributed by atoms with E-state index in [0.717, 1.165) is 12.5 Å². The van der Waals surface area contributed by atoms with E-state index in [0.29, 0.717) is 5.56 Å². The quantitative estimate of drug-likeness (QED) is 0.845. The summed E-state index contributed by atoms with van der Waals surface area (Å²) in [6, 6.07) is 5.46. The van der Waals surface area contributed by atoms with E-state index in [1.807, 2.05) is 6.92 Å². The molecule has 1 atom stereocenters. The van der Waals surface area contributed by atoms with Crippen LogP contribution in [0.5, 0.6) is 0 Å². The van der Waals surface area contributed by atoms with Gasteiger partial charge in [0.25, 0.3) is 0 Å². The molecule has 0 saturated carbocycles. The van der Waals surface area contributed by atoms with Crippen molar-refractivity contribution in [3.8, 4) is 0 Å². The van der Waals surface area contributed by atoms with Crippen LogP contribution < -0.4 is 5.32 Å². The molecule has 0 spiro atoms. The number of benzene rings is 1. The van der Waals surface area contributed by atoms with Gasteiger partial charge in [0.2, 0.25) is 0 Å². The maximum absolute atomic E-state index is 12.7. The molecule has 1 N–H and O–H groups in total. The number of nitrogens with one attached hydrogen (secondary N) is 1. The van der Waals surface area contributed by atoms with Crippen LogP contribution in [-0.4, -0.2) is 7.05 Å². The van der Waals surface area contributed by atoms with Gasteiger partial charge in [-0.25, -0.2) is 0 Å². The van der Waals surface area contributed by atoms with Crippen molar-refractivity contribution in [2.45, 2.75) is 39.4 Å². The molecule has 1 aromatic rings. The van der Waals surface area contributed by atoms with Crippen molar-refractivity contribution >= 4 is 0 Å². The fraction of sp³-hybridized carbons (Fsp3) is 0.571. The van der Waals surface area contributed by atoms with Crippen LogP contribution in [0.3, 0.4) is 0 Å². The molecular weight excluding hydrogens is 239 g/mol. The molecule has 0 fully saturated rings. The van der Waals surface area contributed by atoms with Gasteiger partial charge in [-0.05, 0) is 36.6 Å². The fourth-order valence-electron chi connectivity index (χ4n) is 2.11. The summed E-state index contributed by atoms with van der Waals surface area (Å²) in [6.07, 6.45) is -3.40. The zero-order valence-electron chi connectivity index (χ0n) is 11.2. The highest BCUT2D eigenvalue weighted by Gasteiger charge is 2.33. The van der Waals surface area contributed by atoms with E-state index in [-0.39, 0.29) is 11.5 Å². The molecular formula is C14H20F3N. The van der Waals surface area contributed by atoms with Crippen LogP contribution in [0, 0.1) is 5.41 Å². The maximum Gasteiger partial charge on any atom is 0.416 e. The highest BCUT2D eigenvalue weighted by atomic mass is 19.4. The summed E-state index contributed by atoms with van der Waals surface area (Å²) in [6.45, 7) is 6.14. The Labute approximate surface area is 106 Å². The molecule has 0 aliphatic rings. The molecule has 0 aromatic heterocycles. The molecule has 102 valence electrons. The van der Waals surface area contributed by atoms with E-state index >= 15 is 0 Å². The second-order valence-electron chi connectivity index (χ2n) is 5.19. The van der Waals surface area contributed by atoms with E-state index in [1.54, 1.807) is 13.1 Å². The van der Waals surface area contributed by atoms with Gasteiger partial charge >= 0.3 is 6.18 Å². The van der Waals surface area contributed by atoms with Crippen LogP contribution >= 0.6 is 0 Å². The Hall–Kier alpha value is -1.03. The van der Waals surface area contributed by atoms with Gasteiger partial charge in [0.15, 0.2) is 0 Å². The molecule has 0 saturated heterocycles. The molecule has 4 heteroatoms. The molecule has 0 aliphatic heterocycles. The van der Waals surface area contributed by atoms with Crippen molar-refractivity contribution in [1.29, 1.82) is 0 Å². The predicted octanol–water partition coefficient (Wildman–Crippen LogP) is 4.40. The molecule has 18 heavy (non-hydrogen) atoms. The molecule has 0 aliphatic carbocycles. The van der Waals surface area contributed by atoms with Crippen LogP contribution in [0.1, 0.15) is 44.4 Å². The fourth-order valence-corrected chi connectivity index (χ4v) is 2.11. The minimum atomic E-state index is -4.29. The summed E-state index contributed by atoms with van der Waals surface area (Å²) < 4.78 is 38.1. The molecule has 0 radical (unpaired) electrons. The van der Waals surface area contributed by atoms with Gasteiger partial charge in [-0.2, -0.15) is 13.2 Å². The molecule has 0 amide bonds. The summed E-state index contributed by atoms with van der Waals surface area (Å²) in [5.74, 6) is 0. The highest BCUT2D eigenvalue weighted by molar-refractivity contribution is 5.29. The monoisotopic (exact) mass is 259 g/mol. The van der Waals surface area contributed by atoms with Gasteiger partial charge in [0.05, 0.1) is 5.56 Å². The molecule has 1 aromatic carbocycles. The first-order valence-corrected chi connectivity index (χ1v) is 6.06. The van der Waals surface area contributed by atoms with Crippen molar-refractivity contribution in [3.63, 3.8) is 0 Å². The Balaban J connectivity index is 3.16. The second kappa shape index (κ2) is 5.31. The molecule has 0 heterocycles. The summed E-state index contributed by atoms with van der Waals surface area (Å²) in [7, 11) is 1.78. The van der Waals surface area contributed by atoms with Gasteiger partial charge in [-0.1, -0.05) is 32.9 Å². The van der Waals surface area contributed by atoms with E-state index in [2.05, 4.69) is 19.2 Å². The van der Waals surface area contributed by atoms with Gasteiger partial charge in [-0.3, -0.25) is 0 Å². The Morgan fingerprint density at radius 3 is 2.28 bits per heavy atom. The standard InChI is InChI=1S/C14H20F3N/c1-5-13(2,3)12(18-4)10-7-6-8-11(9-10)14(15,16)17/h6-9,12,18H,5H2,1-4H3. The lowest BCUT2D eigenvalue weighted by atomic mass is 9.78. The second-order valence-corrected chi connectivity index (χ2v) is 5.19. The predicted molar refractivity (Wildman–Crippen MR) is 67.3 cm³/mol. The first-order valence-electron chi connectivity index (χ1n) is 6.06. The van der Waals surface area contributed by atoms with Crippen LogP contribution in [0.4, 0.5) is 13.2 Å². The molecule has 1 nitrogen and oxygen atoms in total. The van der Waals surface area contributed by atoms with Gasteiger partial charge < -0.3 is 5.32 Å². The van der Waals surface area contributed by atoms with Crippen LogP contribution in [0.15, 0.2) is 24.3 Å². The van der Waals surface area contributed by atoms with E-state index in [4.69, 9.17) is 0 Å². The van der Waals surface area contributed by atoms with Crippen LogP contribution in [0.2, 0.25) is 0 Å². The van der Waals surface area contributed by atoms with Crippen LogP contribution in [-0.2, 0) is 6.18 Å². The normalized spacial score (nSPS) is 14.6. The average molecular weight is 259 g/mol. The van der Waals surface area contributed by atoms with E-state index < -0.39 is 11.7 Å². The third-order valence-corrected chi connectivity index (χ3v) is 3.53. The van der Waals surface area contributed by atoms with E-state index in [9.17, 15) is 13.2 Å². The number of rotatable bonds is 4. The topological polar surface area (TPSA) is 12.0 Å². The minimum absolute atomic E-state index is 0.0928. The minimum Gasteiger partial charge on any atom is -0.313 e. The SMILES string of the molecule is CCC(C)(C)C(NC)c1cccc(C(F)(F)F)c1. The molecule has 0 bridgehead atoms. The van der Waals surface area contributed by atoms with Crippen molar-refractivity contribution < 1.29 is 13.2 Å². The lowest BCUT2D eigenvalue weighted by molar-refractivity contribution is -0.137.